The number of hydrogen-bond acceptors (Lipinski definition) is 12. The number of carbonyl (C=O) groups excluding carboxylic acids is 4. The molecule has 304 valence electrons. The molecule has 3 rings (SSSR count). The van der Waals surface area contributed by atoms with E-state index in [9.17, 15) is 29.3 Å². The number of nitrogens with two attached hydrogens (primary N) is 2. The van der Waals surface area contributed by atoms with E-state index in [1.807, 2.05) is 0 Å². The first-order valence-electron chi connectivity index (χ1n) is 17.5. The molecule has 57 heavy (non-hydrogen) atoms. The van der Waals surface area contributed by atoms with Crippen LogP contribution in [0.3, 0.4) is 0 Å². The number of carbonyl (C=O) groups is 4. The van der Waals surface area contributed by atoms with E-state index in [0.29, 0.717) is 29.0 Å². The van der Waals surface area contributed by atoms with Crippen molar-refractivity contribution < 1.29 is 43.0 Å². The summed E-state index contributed by atoms with van der Waals surface area (Å²) in [4.78, 5) is 71.2. The molecule has 3 aromatic carbocycles. The van der Waals surface area contributed by atoms with E-state index in [1.54, 1.807) is 45.0 Å². The van der Waals surface area contributed by atoms with Crippen LogP contribution in [0.2, 0.25) is 0 Å². The van der Waals surface area contributed by atoms with Crippen LogP contribution in [0.4, 0.5) is 11.4 Å². The van der Waals surface area contributed by atoms with Crippen LogP contribution in [0.25, 0.3) is 10.4 Å². The van der Waals surface area contributed by atoms with E-state index in [2.05, 4.69) is 31.0 Å². The summed E-state index contributed by atoms with van der Waals surface area (Å²) in [6.07, 6.45) is -0.510. The molecule has 0 spiro atoms. The normalized spacial score (nSPS) is 12.0. The van der Waals surface area contributed by atoms with Crippen molar-refractivity contribution in [2.24, 2.45) is 21.6 Å². The molecule has 0 saturated heterocycles. The maximum absolute atomic E-state index is 13.8. The van der Waals surface area contributed by atoms with Gasteiger partial charge in [-0.1, -0.05) is 18.1 Å². The van der Waals surface area contributed by atoms with E-state index in [0.717, 1.165) is 0 Å². The molecule has 0 aromatic heterocycles. The molecule has 3 amide bonds. The molecule has 20 heteroatoms. The van der Waals surface area contributed by atoms with Gasteiger partial charge in [-0.15, -0.1) is 0 Å². The lowest BCUT2D eigenvalue weighted by Gasteiger charge is -2.25. The minimum atomic E-state index is -1.46. The number of benzene rings is 3. The van der Waals surface area contributed by atoms with Gasteiger partial charge in [0.25, 0.3) is 17.5 Å². The third-order valence-corrected chi connectivity index (χ3v) is 8.56. The van der Waals surface area contributed by atoms with Crippen molar-refractivity contribution in [2.75, 3.05) is 40.5 Å². The first kappa shape index (κ1) is 44.3. The van der Waals surface area contributed by atoms with Crippen LogP contribution in [0.15, 0.2) is 58.6 Å². The number of methoxy groups -OCH3 is 2. The smallest absolute Gasteiger partial charge is 0.330 e. The fourth-order valence-electron chi connectivity index (χ4n) is 5.59. The van der Waals surface area contributed by atoms with Crippen molar-refractivity contribution >= 4 is 41.0 Å². The number of nitro groups is 1. The Morgan fingerprint density at radius 3 is 2.25 bits per heavy atom. The van der Waals surface area contributed by atoms with E-state index < -0.39 is 59.8 Å². The van der Waals surface area contributed by atoms with Crippen LogP contribution in [0.5, 0.6) is 17.2 Å². The fourth-order valence-corrected chi connectivity index (χ4v) is 5.59. The maximum Gasteiger partial charge on any atom is 0.330 e. The Kier molecular flexibility index (Phi) is 16.4. The van der Waals surface area contributed by atoms with Gasteiger partial charge in [0, 0.05) is 40.6 Å². The maximum atomic E-state index is 13.8. The number of nitro benzene ring substituents is 1. The molecule has 0 fully saturated rings. The van der Waals surface area contributed by atoms with E-state index in [4.69, 9.17) is 35.9 Å². The van der Waals surface area contributed by atoms with Crippen LogP contribution in [0, 0.1) is 24.0 Å². The molecule has 0 aliphatic heterocycles. The number of aliphatic imine (C=N–C) groups is 1. The Labute approximate surface area is 328 Å². The molecule has 3 unspecified atom stereocenters. The first-order chi connectivity index (χ1) is 27.1. The second kappa shape index (κ2) is 21.1. The number of amides is 3. The van der Waals surface area contributed by atoms with Gasteiger partial charge in [0.1, 0.15) is 17.9 Å². The topological polar surface area (TPSA) is 298 Å². The summed E-state index contributed by atoms with van der Waals surface area (Å²) in [5.41, 5.74) is 20.9. The van der Waals surface area contributed by atoms with Crippen LogP contribution in [0.1, 0.15) is 63.6 Å². The van der Waals surface area contributed by atoms with Crippen molar-refractivity contribution in [1.82, 2.24) is 16.0 Å². The molecule has 0 saturated carbocycles. The monoisotopic (exact) mass is 790 g/mol. The molecule has 0 heterocycles. The van der Waals surface area contributed by atoms with E-state index in [1.165, 1.54) is 45.4 Å². The minimum Gasteiger partial charge on any atom is -0.494 e. The Morgan fingerprint density at radius 1 is 0.965 bits per heavy atom. The predicted molar refractivity (Wildman–Crippen MR) is 209 cm³/mol. The average molecular weight is 791 g/mol. The lowest BCUT2D eigenvalue weighted by molar-refractivity contribution is -0.385. The number of ether oxygens (including phenoxy) is 4. The second-order valence-electron chi connectivity index (χ2n) is 12.6. The zero-order valence-corrected chi connectivity index (χ0v) is 32.4. The SMILES string of the molecule is COc1cc(C(C)C(C)OC(=O)C(CNC(=O)CNC(=O)c2cccc(N=C(N)N)c2)NC(=O)c2c(C)cc(OCCCN=[N+]=[N-])cc2C)c([N+](=O)[O-])cc1OC. The predicted octanol–water partition coefficient (Wildman–Crippen LogP) is 3.59. The van der Waals surface area contributed by atoms with Crippen molar-refractivity contribution in [1.29, 1.82) is 0 Å². The highest BCUT2D eigenvalue weighted by molar-refractivity contribution is 6.00. The van der Waals surface area contributed by atoms with Crippen molar-refractivity contribution in [2.45, 2.75) is 52.2 Å². The molecule has 0 bridgehead atoms. The number of aryl methyl sites for hydroxylation is 2. The zero-order valence-electron chi connectivity index (χ0n) is 32.4. The summed E-state index contributed by atoms with van der Waals surface area (Å²) in [6, 6.07) is 10.5. The number of guanidine groups is 1. The van der Waals surface area contributed by atoms with Gasteiger partial charge in [-0.2, -0.15) is 0 Å². The van der Waals surface area contributed by atoms with Gasteiger partial charge >= 0.3 is 5.97 Å². The highest BCUT2D eigenvalue weighted by atomic mass is 16.6. The molecule has 0 aliphatic rings. The van der Waals surface area contributed by atoms with E-state index in [-0.39, 0.29) is 53.0 Å². The Hall–Kier alpha value is -7.08. The number of rotatable bonds is 20. The van der Waals surface area contributed by atoms with Gasteiger partial charge < -0.3 is 46.4 Å². The summed E-state index contributed by atoms with van der Waals surface area (Å²) < 4.78 is 22.0. The standard InChI is InChI=1S/C37H46N10O10/c1-20-13-26(56-12-8-11-43-46-40)14-21(2)33(20)35(50)45-28(18-41-32(48)19-42-34(49)24-9-7-10-25(15-24)44-37(38)39)36(51)57-23(4)22(3)27-16-30(54-5)31(55-6)17-29(27)47(52)53/h7,9-10,13-17,22-23,28H,8,11-12,18-19H2,1-6H3,(H,41,48)(H,42,49)(H,45,50)(H4,38,39,44). The number of esters is 1. The fraction of sp³-hybridized carbons (Fsp3) is 0.378. The number of nitrogens with zero attached hydrogens (tertiary/aromatic N) is 5. The Bertz CT molecular complexity index is 2020. The Morgan fingerprint density at radius 2 is 1.63 bits per heavy atom. The molecular formula is C37H46N10O10. The van der Waals surface area contributed by atoms with Gasteiger partial charge in [-0.3, -0.25) is 24.5 Å². The van der Waals surface area contributed by atoms with Crippen molar-refractivity contribution in [3.63, 3.8) is 0 Å². The van der Waals surface area contributed by atoms with Crippen LogP contribution in [-0.4, -0.2) is 87.2 Å². The van der Waals surface area contributed by atoms with Crippen molar-refractivity contribution in [3.05, 3.63) is 96.9 Å². The summed E-state index contributed by atoms with van der Waals surface area (Å²) in [5, 5.41) is 23.1. The summed E-state index contributed by atoms with van der Waals surface area (Å²) in [6.45, 7) is 6.07. The molecule has 3 aromatic rings. The Balaban J connectivity index is 1.82. The average Bonchev–Trinajstić information content (AvgIpc) is 3.16. The zero-order chi connectivity index (χ0) is 42.2. The van der Waals surface area contributed by atoms with Gasteiger partial charge in [0.05, 0.1) is 44.0 Å². The summed E-state index contributed by atoms with van der Waals surface area (Å²) in [7, 11) is 2.71. The third kappa shape index (κ3) is 12.7. The van der Waals surface area contributed by atoms with Crippen LogP contribution < -0.4 is 41.6 Å². The van der Waals surface area contributed by atoms with Crippen molar-refractivity contribution in [3.8, 4) is 17.2 Å². The highest BCUT2D eigenvalue weighted by Gasteiger charge is 2.32. The largest absolute Gasteiger partial charge is 0.494 e. The summed E-state index contributed by atoms with van der Waals surface area (Å²) >= 11 is 0. The quantitative estimate of drug-likeness (QED) is 0.0126. The molecule has 7 N–H and O–H groups in total. The lowest BCUT2D eigenvalue weighted by Crippen LogP contribution is -2.51. The van der Waals surface area contributed by atoms with Gasteiger partial charge in [0.15, 0.2) is 17.5 Å². The van der Waals surface area contributed by atoms with E-state index >= 15 is 0 Å². The number of hydrogen-bond donors (Lipinski definition) is 5. The number of nitrogens with one attached hydrogen (secondary N) is 3. The molecular weight excluding hydrogens is 744 g/mol. The molecule has 0 aliphatic carbocycles. The number of azide groups is 1. The second-order valence-corrected chi connectivity index (χ2v) is 12.6. The van der Waals surface area contributed by atoms with Gasteiger partial charge in [0.2, 0.25) is 5.91 Å². The lowest BCUT2D eigenvalue weighted by atomic mass is 9.94. The van der Waals surface area contributed by atoms with Gasteiger partial charge in [-0.25, -0.2) is 9.79 Å². The summed E-state index contributed by atoms with van der Waals surface area (Å²) in [5.74, 6) is -3.06. The highest BCUT2D eigenvalue weighted by Crippen LogP contribution is 2.39. The van der Waals surface area contributed by atoms with Crippen LogP contribution in [-0.2, 0) is 14.3 Å². The first-order valence-corrected chi connectivity index (χ1v) is 17.5. The minimum absolute atomic E-state index is 0.134. The van der Waals surface area contributed by atoms with Crippen LogP contribution >= 0.6 is 0 Å². The molecule has 0 radical (unpaired) electrons. The molecule has 20 nitrogen and oxygen atoms in total. The van der Waals surface area contributed by atoms with Gasteiger partial charge in [-0.05, 0) is 80.2 Å². The third-order valence-electron chi connectivity index (χ3n) is 8.56. The molecule has 3 atom stereocenters.